The number of aromatic hydroxyl groups is 1. The van der Waals surface area contributed by atoms with Crippen LogP contribution < -0.4 is 4.74 Å². The molecule has 6 aliphatic rings. The van der Waals surface area contributed by atoms with Crippen molar-refractivity contribution in [3.05, 3.63) is 23.3 Å². The Balaban J connectivity index is 1.49. The smallest absolute Gasteiger partial charge is 0.161 e. The summed E-state index contributed by atoms with van der Waals surface area (Å²) in [6.45, 7) is 5.30. The van der Waals surface area contributed by atoms with E-state index in [-0.39, 0.29) is 27.3 Å². The van der Waals surface area contributed by atoms with Crippen molar-refractivity contribution in [1.29, 1.82) is 0 Å². The Hall–Kier alpha value is -1.30. The number of benzene rings is 1. The third kappa shape index (κ3) is 1.38. The van der Waals surface area contributed by atoms with Gasteiger partial charge in [0.2, 0.25) is 0 Å². The molecule has 5 fully saturated rings. The van der Waals surface area contributed by atoms with Crippen LogP contribution in [0.25, 0.3) is 0 Å². The van der Waals surface area contributed by atoms with Gasteiger partial charge in [0.15, 0.2) is 11.5 Å². The topological polar surface area (TPSA) is 62.2 Å². The standard InChI is InChI=1S/C26H35NO4/c1-6-9-21(2,29)25-14-22-13-24(25)20(26(24,25)31-5)23(22)10-11-27(3)17(22)12-15-7-8-16(30-4)19(28)18(15)23/h7-8,17,20,28-29H,6,9-14H2,1-5H3/t17-,20?,21?,22-,23+,24+,25?,26+/m1/s1. The van der Waals surface area contributed by atoms with Crippen molar-refractivity contribution in [3.63, 3.8) is 0 Å². The van der Waals surface area contributed by atoms with E-state index in [2.05, 4.69) is 31.9 Å². The maximum atomic E-state index is 11.8. The lowest BCUT2D eigenvalue weighted by molar-refractivity contribution is -0.194. The highest BCUT2D eigenvalue weighted by Gasteiger charge is 3.19. The largest absolute Gasteiger partial charge is 0.504 e. The van der Waals surface area contributed by atoms with Crippen LogP contribution in [0.3, 0.4) is 0 Å². The Bertz CT molecular complexity index is 1040. The van der Waals surface area contributed by atoms with Gasteiger partial charge in [-0.2, -0.15) is 0 Å². The van der Waals surface area contributed by atoms with Gasteiger partial charge in [0.05, 0.1) is 18.3 Å². The lowest BCUT2D eigenvalue weighted by Gasteiger charge is -2.67. The number of hydrogen-bond acceptors (Lipinski definition) is 5. The van der Waals surface area contributed by atoms with Crippen LogP contribution in [0.15, 0.2) is 12.1 Å². The number of piperidine rings is 1. The first-order valence-electron chi connectivity index (χ1n) is 12.1. The molecule has 2 spiro atoms. The quantitative estimate of drug-likeness (QED) is 0.758. The average molecular weight is 426 g/mol. The van der Waals surface area contributed by atoms with Gasteiger partial charge in [-0.3, -0.25) is 0 Å². The minimum atomic E-state index is -0.705. The second kappa shape index (κ2) is 4.95. The van der Waals surface area contributed by atoms with Crippen LogP contribution in [-0.2, 0) is 16.6 Å². The molecule has 5 heteroatoms. The van der Waals surface area contributed by atoms with E-state index in [1.54, 1.807) is 7.11 Å². The number of phenols is 1. The van der Waals surface area contributed by atoms with E-state index in [4.69, 9.17) is 9.47 Å². The van der Waals surface area contributed by atoms with E-state index < -0.39 is 5.60 Å². The zero-order valence-electron chi connectivity index (χ0n) is 19.4. The zero-order valence-corrected chi connectivity index (χ0v) is 19.4. The summed E-state index contributed by atoms with van der Waals surface area (Å²) in [6, 6.07) is 4.58. The molecule has 7 rings (SSSR count). The number of likely N-dealkylation sites (N-methyl/N-ethyl adjacent to an activating group) is 1. The molecule has 1 aromatic rings. The molecule has 4 bridgehead atoms. The first-order valence-corrected chi connectivity index (χ1v) is 12.1. The number of rotatable bonds is 5. The van der Waals surface area contributed by atoms with Crippen molar-refractivity contribution in [2.75, 3.05) is 27.8 Å². The summed E-state index contributed by atoms with van der Waals surface area (Å²) in [5.41, 5.74) is 1.46. The molecular formula is C26H35NO4. The van der Waals surface area contributed by atoms with Gasteiger partial charge in [0.25, 0.3) is 0 Å². The molecule has 5 nitrogen and oxygen atoms in total. The molecule has 5 aliphatic carbocycles. The summed E-state index contributed by atoms with van der Waals surface area (Å²) in [5.74, 6) is 1.34. The number of likely N-dealkylation sites (tertiary alicyclic amines) is 1. The number of hydrogen-bond donors (Lipinski definition) is 2. The van der Waals surface area contributed by atoms with Crippen molar-refractivity contribution in [3.8, 4) is 11.5 Å². The number of aliphatic hydroxyl groups is 1. The minimum Gasteiger partial charge on any atom is -0.504 e. The molecule has 1 saturated heterocycles. The van der Waals surface area contributed by atoms with Crippen molar-refractivity contribution >= 4 is 0 Å². The molecule has 0 amide bonds. The highest BCUT2D eigenvalue weighted by atomic mass is 16.5. The number of fused-ring (bicyclic) bond motifs is 3. The SMILES string of the molecule is CCCC(C)(O)C12C[C@@]34C[C@]15C([C@@]31CCN(C)[C@@H]4Cc3ccc(OC)c(O)c31)[C@@]25OC. The Morgan fingerprint density at radius 3 is 2.71 bits per heavy atom. The van der Waals surface area contributed by atoms with Gasteiger partial charge in [-0.15, -0.1) is 0 Å². The number of ether oxygens (including phenoxy) is 2. The van der Waals surface area contributed by atoms with Gasteiger partial charge in [0, 0.05) is 40.9 Å². The van der Waals surface area contributed by atoms with Crippen LogP contribution in [0.1, 0.15) is 57.1 Å². The summed E-state index contributed by atoms with van der Waals surface area (Å²) in [6.07, 6.45) is 5.98. The van der Waals surface area contributed by atoms with Gasteiger partial charge in [0.1, 0.15) is 0 Å². The molecule has 31 heavy (non-hydrogen) atoms. The van der Waals surface area contributed by atoms with Gasteiger partial charge in [-0.05, 0) is 69.7 Å². The molecule has 1 aliphatic heterocycles. The minimum absolute atomic E-state index is 0.0635. The molecule has 168 valence electrons. The molecular weight excluding hydrogens is 390 g/mol. The third-order valence-corrected chi connectivity index (χ3v) is 11.7. The summed E-state index contributed by atoms with van der Waals surface area (Å²) >= 11 is 0. The Kier molecular flexibility index (Phi) is 3.06. The Morgan fingerprint density at radius 1 is 1.26 bits per heavy atom. The molecule has 4 saturated carbocycles. The first-order chi connectivity index (χ1) is 14.7. The second-order valence-corrected chi connectivity index (χ2v) is 11.9. The summed E-state index contributed by atoms with van der Waals surface area (Å²) in [4.78, 5) is 2.57. The zero-order chi connectivity index (χ0) is 21.8. The van der Waals surface area contributed by atoms with Crippen LogP contribution in [-0.4, -0.2) is 60.2 Å². The van der Waals surface area contributed by atoms with Crippen molar-refractivity contribution in [1.82, 2.24) is 4.90 Å². The van der Waals surface area contributed by atoms with Crippen molar-refractivity contribution < 1.29 is 19.7 Å². The number of phenolic OH excluding ortho intramolecular Hbond substituents is 1. The van der Waals surface area contributed by atoms with E-state index in [0.717, 1.165) is 50.6 Å². The molecule has 1 aromatic carbocycles. The van der Waals surface area contributed by atoms with Crippen LogP contribution >= 0.6 is 0 Å². The van der Waals surface area contributed by atoms with E-state index in [9.17, 15) is 10.2 Å². The third-order valence-electron chi connectivity index (χ3n) is 11.7. The molecule has 0 radical (unpaired) electrons. The fourth-order valence-corrected chi connectivity index (χ4v) is 11.3. The summed E-state index contributed by atoms with van der Waals surface area (Å²) in [5, 5.41) is 23.3. The van der Waals surface area contributed by atoms with E-state index in [0.29, 0.717) is 23.5 Å². The molecule has 8 atom stereocenters. The van der Waals surface area contributed by atoms with Gasteiger partial charge < -0.3 is 24.6 Å². The Morgan fingerprint density at radius 2 is 2.03 bits per heavy atom. The lowest BCUT2D eigenvalue weighted by Crippen LogP contribution is -2.71. The van der Waals surface area contributed by atoms with Crippen LogP contribution in [0, 0.1) is 22.2 Å². The fraction of sp³-hybridized carbons (Fsp3) is 0.769. The number of methoxy groups -OCH3 is 2. The maximum absolute atomic E-state index is 11.8. The van der Waals surface area contributed by atoms with Gasteiger partial charge in [-0.25, -0.2) is 0 Å². The van der Waals surface area contributed by atoms with Crippen molar-refractivity contribution in [2.24, 2.45) is 22.2 Å². The van der Waals surface area contributed by atoms with E-state index in [1.165, 1.54) is 5.56 Å². The van der Waals surface area contributed by atoms with Crippen LogP contribution in [0.5, 0.6) is 11.5 Å². The molecule has 3 unspecified atom stereocenters. The van der Waals surface area contributed by atoms with E-state index >= 15 is 0 Å². The normalized spacial score (nSPS) is 51.5. The van der Waals surface area contributed by atoms with Crippen LogP contribution in [0.2, 0.25) is 0 Å². The number of nitrogens with zero attached hydrogens (tertiary/aromatic N) is 1. The van der Waals surface area contributed by atoms with Crippen LogP contribution in [0.4, 0.5) is 0 Å². The highest BCUT2D eigenvalue weighted by molar-refractivity contribution is 5.73. The predicted molar refractivity (Wildman–Crippen MR) is 116 cm³/mol. The monoisotopic (exact) mass is 425 g/mol. The van der Waals surface area contributed by atoms with Crippen molar-refractivity contribution in [2.45, 2.75) is 75.0 Å². The Labute approximate surface area is 184 Å². The molecule has 1 heterocycles. The average Bonchev–Trinajstić information content (AvgIpc) is 3.41. The summed E-state index contributed by atoms with van der Waals surface area (Å²) < 4.78 is 12.0. The molecule has 0 aromatic heterocycles. The van der Waals surface area contributed by atoms with Gasteiger partial charge in [-0.1, -0.05) is 19.4 Å². The highest BCUT2D eigenvalue weighted by Crippen LogP contribution is 3.13. The second-order valence-electron chi connectivity index (χ2n) is 11.9. The summed E-state index contributed by atoms with van der Waals surface area (Å²) in [7, 11) is 5.80. The maximum Gasteiger partial charge on any atom is 0.161 e. The first kappa shape index (κ1) is 19.2. The van der Waals surface area contributed by atoms with E-state index in [1.807, 2.05) is 13.2 Å². The predicted octanol–water partition coefficient (Wildman–Crippen LogP) is 3.25. The fourth-order valence-electron chi connectivity index (χ4n) is 11.3. The lowest BCUT2D eigenvalue weighted by atomic mass is 9.40. The van der Waals surface area contributed by atoms with Gasteiger partial charge >= 0.3 is 0 Å². The molecule has 2 N–H and O–H groups in total.